The van der Waals surface area contributed by atoms with E-state index < -0.39 is 0 Å². The summed E-state index contributed by atoms with van der Waals surface area (Å²) in [6.45, 7) is 0. The number of pyridine rings is 1. The highest BCUT2D eigenvalue weighted by molar-refractivity contribution is 6.21. The Hall–Kier alpha value is -6.71. The lowest BCUT2D eigenvalue weighted by atomic mass is 9.97. The maximum absolute atomic E-state index is 6.51. The van der Waals surface area contributed by atoms with Crippen LogP contribution >= 0.6 is 0 Å². The van der Waals surface area contributed by atoms with Crippen LogP contribution in [0.4, 0.5) is 17.1 Å². The molecule has 0 aliphatic heterocycles. The third-order valence-electron chi connectivity index (χ3n) is 9.93. The van der Waals surface area contributed by atoms with Crippen molar-refractivity contribution in [2.45, 2.75) is 0 Å². The van der Waals surface area contributed by atoms with Gasteiger partial charge in [0.1, 0.15) is 11.2 Å². The van der Waals surface area contributed by atoms with Crippen LogP contribution in [-0.4, -0.2) is 4.98 Å². The number of benzene rings is 8. The molecule has 0 N–H and O–H groups in total. The molecule has 0 aliphatic carbocycles. The molecule has 3 heteroatoms. The van der Waals surface area contributed by atoms with Crippen molar-refractivity contribution in [2.24, 2.45) is 0 Å². The van der Waals surface area contributed by atoms with Crippen LogP contribution in [-0.2, 0) is 0 Å². The second-order valence-corrected chi connectivity index (χ2v) is 12.8. The smallest absolute Gasteiger partial charge is 0.138 e. The molecule has 8 aromatic carbocycles. The number of hydrogen-bond acceptors (Lipinski definition) is 3. The highest BCUT2D eigenvalue weighted by atomic mass is 16.3. The Kier molecular flexibility index (Phi) is 6.49. The zero-order chi connectivity index (χ0) is 33.0. The molecule has 0 bridgehead atoms. The van der Waals surface area contributed by atoms with Gasteiger partial charge in [0.05, 0.1) is 11.1 Å². The van der Waals surface area contributed by atoms with Crippen LogP contribution < -0.4 is 4.90 Å². The second kappa shape index (κ2) is 11.5. The Morgan fingerprint density at radius 3 is 1.58 bits per heavy atom. The summed E-state index contributed by atoms with van der Waals surface area (Å²) < 4.78 is 6.51. The van der Waals surface area contributed by atoms with E-state index in [0.717, 1.165) is 49.8 Å². The third-order valence-corrected chi connectivity index (χ3v) is 9.93. The maximum atomic E-state index is 6.51. The molecule has 10 rings (SSSR count). The van der Waals surface area contributed by atoms with Crippen molar-refractivity contribution in [1.82, 2.24) is 4.98 Å². The van der Waals surface area contributed by atoms with Crippen molar-refractivity contribution in [2.75, 3.05) is 4.90 Å². The molecule has 3 nitrogen and oxygen atoms in total. The number of furan rings is 1. The molecule has 0 saturated carbocycles. The highest BCUT2D eigenvalue weighted by Gasteiger charge is 2.23. The van der Waals surface area contributed by atoms with Crippen molar-refractivity contribution >= 4 is 71.3 Å². The zero-order valence-electron chi connectivity index (χ0n) is 27.1. The molecule has 0 atom stereocenters. The number of para-hydroxylation sites is 1. The first-order valence-electron chi connectivity index (χ1n) is 16.9. The van der Waals surface area contributed by atoms with Gasteiger partial charge in [-0.05, 0) is 91.6 Å². The molecule has 0 spiro atoms. The van der Waals surface area contributed by atoms with E-state index in [0.29, 0.717) is 0 Å². The van der Waals surface area contributed by atoms with Gasteiger partial charge in [0.2, 0.25) is 0 Å². The quantitative estimate of drug-likeness (QED) is 0.188. The molecule has 0 aliphatic rings. The number of aromatic nitrogens is 1. The summed E-state index contributed by atoms with van der Waals surface area (Å²) in [6.07, 6.45) is 3.83. The highest BCUT2D eigenvalue weighted by Crippen LogP contribution is 2.47. The van der Waals surface area contributed by atoms with Gasteiger partial charge in [-0.15, -0.1) is 0 Å². The molecule has 2 aromatic heterocycles. The fourth-order valence-corrected chi connectivity index (χ4v) is 7.59. The molecule has 50 heavy (non-hydrogen) atoms. The van der Waals surface area contributed by atoms with Gasteiger partial charge in [0.15, 0.2) is 0 Å². The lowest BCUT2D eigenvalue weighted by Gasteiger charge is -2.28. The molecular formula is C47H30N2O. The van der Waals surface area contributed by atoms with Crippen LogP contribution in [0.3, 0.4) is 0 Å². The number of nitrogens with zero attached hydrogens (tertiary/aromatic N) is 2. The van der Waals surface area contributed by atoms with Crippen molar-refractivity contribution in [3.63, 3.8) is 0 Å². The van der Waals surface area contributed by atoms with Crippen LogP contribution in [0, 0.1) is 0 Å². The molecule has 0 unspecified atom stereocenters. The Balaban J connectivity index is 1.20. The largest absolute Gasteiger partial charge is 0.456 e. The Morgan fingerprint density at radius 2 is 0.960 bits per heavy atom. The van der Waals surface area contributed by atoms with Gasteiger partial charge in [0.25, 0.3) is 0 Å². The van der Waals surface area contributed by atoms with Crippen LogP contribution in [0.25, 0.3) is 76.5 Å². The first kappa shape index (κ1) is 28.3. The predicted molar refractivity (Wildman–Crippen MR) is 210 cm³/mol. The lowest BCUT2D eigenvalue weighted by Crippen LogP contribution is -2.11. The lowest BCUT2D eigenvalue weighted by molar-refractivity contribution is 0.669. The van der Waals surface area contributed by atoms with Gasteiger partial charge in [-0.2, -0.15) is 0 Å². The minimum Gasteiger partial charge on any atom is -0.456 e. The first-order valence-corrected chi connectivity index (χ1v) is 16.9. The van der Waals surface area contributed by atoms with E-state index >= 15 is 0 Å². The summed E-state index contributed by atoms with van der Waals surface area (Å²) in [5, 5.41) is 9.24. The first-order chi connectivity index (χ1) is 24.8. The third kappa shape index (κ3) is 4.56. The van der Waals surface area contributed by atoms with Gasteiger partial charge in [-0.1, -0.05) is 127 Å². The van der Waals surface area contributed by atoms with E-state index in [9.17, 15) is 0 Å². The average Bonchev–Trinajstić information content (AvgIpc) is 3.56. The van der Waals surface area contributed by atoms with Crippen LogP contribution in [0.15, 0.2) is 187 Å². The number of rotatable bonds is 5. The topological polar surface area (TPSA) is 29.3 Å². The van der Waals surface area contributed by atoms with Crippen molar-refractivity contribution in [3.8, 4) is 22.3 Å². The minimum absolute atomic E-state index is 0.852. The second-order valence-electron chi connectivity index (χ2n) is 12.8. The fraction of sp³-hybridized carbons (Fsp3) is 0. The van der Waals surface area contributed by atoms with E-state index in [1.165, 1.54) is 43.8 Å². The summed E-state index contributed by atoms with van der Waals surface area (Å²) in [6, 6.07) is 60.6. The summed E-state index contributed by atoms with van der Waals surface area (Å²) in [5.41, 5.74) is 9.66. The number of fused-ring (bicyclic) bond motifs is 6. The van der Waals surface area contributed by atoms with Gasteiger partial charge < -0.3 is 9.32 Å². The Morgan fingerprint density at radius 1 is 0.420 bits per heavy atom. The van der Waals surface area contributed by atoms with E-state index in [-0.39, 0.29) is 0 Å². The molecule has 0 radical (unpaired) electrons. The van der Waals surface area contributed by atoms with Crippen molar-refractivity contribution < 1.29 is 4.42 Å². The van der Waals surface area contributed by atoms with Crippen molar-refractivity contribution in [3.05, 3.63) is 182 Å². The Bertz CT molecular complexity index is 2730. The van der Waals surface area contributed by atoms with Crippen LogP contribution in [0.5, 0.6) is 0 Å². The maximum Gasteiger partial charge on any atom is 0.138 e. The molecule has 234 valence electrons. The van der Waals surface area contributed by atoms with E-state index in [4.69, 9.17) is 4.42 Å². The molecule has 0 amide bonds. The summed E-state index contributed by atoms with van der Waals surface area (Å²) in [4.78, 5) is 6.99. The molecule has 10 aromatic rings. The van der Waals surface area contributed by atoms with E-state index in [1.807, 2.05) is 24.5 Å². The van der Waals surface area contributed by atoms with E-state index in [2.05, 4.69) is 168 Å². The summed E-state index contributed by atoms with van der Waals surface area (Å²) in [7, 11) is 0. The SMILES string of the molecule is c1ccc2c(-c3ccc(N(c4ccc(-c5cccc6ccccc56)cc4)c4c5cnccc5cc5oc6ccccc6c45)cc3)cccc2c1. The number of anilines is 3. The van der Waals surface area contributed by atoms with Crippen LogP contribution in [0.1, 0.15) is 0 Å². The Labute approximate surface area is 289 Å². The molecule has 0 saturated heterocycles. The zero-order valence-corrected chi connectivity index (χ0v) is 27.1. The molecular weight excluding hydrogens is 609 g/mol. The average molecular weight is 639 g/mol. The fourth-order valence-electron chi connectivity index (χ4n) is 7.59. The van der Waals surface area contributed by atoms with Gasteiger partial charge in [0, 0.05) is 34.5 Å². The predicted octanol–water partition coefficient (Wildman–Crippen LogP) is 13.2. The van der Waals surface area contributed by atoms with Gasteiger partial charge >= 0.3 is 0 Å². The standard InChI is InChI=1S/C47H30N2O/c1-3-13-38-31(9-1)11-7-16-40(38)33-19-23-36(24-20-33)49(37-25-21-34(22-26-37)41-17-8-12-32-10-2-4-14-39(32)41)47-43-30-48-28-27-35(43)29-45-46(47)42-15-5-6-18-44(42)50-45/h1-30H. The van der Waals surface area contributed by atoms with Crippen LogP contribution in [0.2, 0.25) is 0 Å². The molecule has 2 heterocycles. The minimum atomic E-state index is 0.852. The van der Waals surface area contributed by atoms with Gasteiger partial charge in [-0.25, -0.2) is 0 Å². The normalized spacial score (nSPS) is 11.6. The van der Waals surface area contributed by atoms with Crippen molar-refractivity contribution in [1.29, 1.82) is 0 Å². The van der Waals surface area contributed by atoms with E-state index in [1.54, 1.807) is 0 Å². The monoisotopic (exact) mass is 638 g/mol. The molecule has 0 fully saturated rings. The number of hydrogen-bond donors (Lipinski definition) is 0. The van der Waals surface area contributed by atoms with Gasteiger partial charge in [-0.3, -0.25) is 4.98 Å². The summed E-state index contributed by atoms with van der Waals surface area (Å²) in [5.74, 6) is 0. The summed E-state index contributed by atoms with van der Waals surface area (Å²) >= 11 is 0.